The first-order valence-electron chi connectivity index (χ1n) is 6.90. The van der Waals surface area contributed by atoms with E-state index in [4.69, 9.17) is 4.74 Å². The molecular weight excluding hydrogens is 282 g/mol. The lowest BCUT2D eigenvalue weighted by Crippen LogP contribution is -2.32. The van der Waals surface area contributed by atoms with Crippen LogP contribution in [0.25, 0.3) is 11.3 Å². The van der Waals surface area contributed by atoms with E-state index in [1.165, 1.54) is 6.33 Å². The summed E-state index contributed by atoms with van der Waals surface area (Å²) in [5, 5.41) is 2.66. The summed E-state index contributed by atoms with van der Waals surface area (Å²) >= 11 is 0. The second kappa shape index (κ2) is 6.46. The van der Waals surface area contributed by atoms with Crippen LogP contribution < -0.4 is 5.32 Å². The minimum Gasteiger partial charge on any atom is -0.444 e. The molecule has 0 unspecified atom stereocenters. The third-order valence-corrected chi connectivity index (χ3v) is 2.61. The normalized spacial score (nSPS) is 11.1. The summed E-state index contributed by atoms with van der Waals surface area (Å²) in [6, 6.07) is 1.78. The minimum atomic E-state index is -0.528. The number of amides is 1. The molecular formula is C15H19N5O2. The Morgan fingerprint density at radius 3 is 2.50 bits per heavy atom. The second-order valence-electron chi connectivity index (χ2n) is 5.77. The van der Waals surface area contributed by atoms with Gasteiger partial charge in [-0.2, -0.15) is 0 Å². The zero-order valence-electron chi connectivity index (χ0n) is 13.1. The lowest BCUT2D eigenvalue weighted by atomic mass is 10.2. The number of nitrogens with one attached hydrogen (secondary N) is 1. The molecule has 0 spiro atoms. The minimum absolute atomic E-state index is 0.261. The predicted molar refractivity (Wildman–Crippen MR) is 80.9 cm³/mol. The zero-order chi connectivity index (χ0) is 16.2. The van der Waals surface area contributed by atoms with Crippen molar-refractivity contribution in [1.82, 2.24) is 25.3 Å². The number of carbonyl (C=O) groups excluding carboxylic acids is 1. The molecule has 7 heteroatoms. The van der Waals surface area contributed by atoms with E-state index in [2.05, 4.69) is 25.3 Å². The van der Waals surface area contributed by atoms with Crippen molar-refractivity contribution in [1.29, 1.82) is 0 Å². The quantitative estimate of drug-likeness (QED) is 0.935. The van der Waals surface area contributed by atoms with Crippen LogP contribution in [0.4, 0.5) is 4.79 Å². The number of ether oxygens (including phenoxy) is 1. The van der Waals surface area contributed by atoms with Gasteiger partial charge in [0.15, 0.2) is 0 Å². The van der Waals surface area contributed by atoms with E-state index in [9.17, 15) is 4.79 Å². The van der Waals surface area contributed by atoms with Gasteiger partial charge >= 0.3 is 6.09 Å². The standard InChI is InChI=1S/C15H19N5O2/c1-10-16-6-11(7-17-10)13-5-12(19-9-20-13)8-18-14(21)22-15(2,3)4/h5-7,9H,8H2,1-4H3,(H,18,21). The Morgan fingerprint density at radius 1 is 1.18 bits per heavy atom. The molecule has 0 saturated carbocycles. The molecule has 0 atom stereocenters. The number of aromatic nitrogens is 4. The number of hydrogen-bond donors (Lipinski definition) is 1. The van der Waals surface area contributed by atoms with Gasteiger partial charge in [0.05, 0.1) is 17.9 Å². The fraction of sp³-hybridized carbons (Fsp3) is 0.400. The fourth-order valence-corrected chi connectivity index (χ4v) is 1.65. The summed E-state index contributed by atoms with van der Waals surface area (Å²) in [6.45, 7) is 7.52. The van der Waals surface area contributed by atoms with E-state index < -0.39 is 11.7 Å². The molecule has 7 nitrogen and oxygen atoms in total. The summed E-state index contributed by atoms with van der Waals surface area (Å²) in [6.07, 6.45) is 4.37. The van der Waals surface area contributed by atoms with Crippen LogP contribution in [-0.4, -0.2) is 31.6 Å². The highest BCUT2D eigenvalue weighted by molar-refractivity contribution is 5.67. The molecule has 0 aromatic carbocycles. The second-order valence-corrected chi connectivity index (χ2v) is 5.77. The van der Waals surface area contributed by atoms with Crippen LogP contribution in [0.5, 0.6) is 0 Å². The van der Waals surface area contributed by atoms with E-state index >= 15 is 0 Å². The van der Waals surface area contributed by atoms with Gasteiger partial charge in [-0.25, -0.2) is 24.7 Å². The maximum atomic E-state index is 11.6. The molecule has 2 aromatic rings. The van der Waals surface area contributed by atoms with Crippen LogP contribution in [-0.2, 0) is 11.3 Å². The molecule has 2 rings (SSSR count). The molecule has 2 aromatic heterocycles. The molecule has 22 heavy (non-hydrogen) atoms. The van der Waals surface area contributed by atoms with Gasteiger partial charge in [-0.05, 0) is 33.8 Å². The van der Waals surface area contributed by atoms with Crippen molar-refractivity contribution in [3.63, 3.8) is 0 Å². The maximum absolute atomic E-state index is 11.6. The Labute approximate surface area is 129 Å². The summed E-state index contributed by atoms with van der Waals surface area (Å²) in [5.41, 5.74) is 1.65. The molecule has 0 aliphatic rings. The Hall–Kier alpha value is -2.57. The number of hydrogen-bond acceptors (Lipinski definition) is 6. The monoisotopic (exact) mass is 301 g/mol. The Morgan fingerprint density at radius 2 is 1.86 bits per heavy atom. The summed E-state index contributed by atoms with van der Waals surface area (Å²) < 4.78 is 5.17. The highest BCUT2D eigenvalue weighted by Gasteiger charge is 2.15. The molecule has 0 saturated heterocycles. The number of nitrogens with zero attached hydrogens (tertiary/aromatic N) is 4. The van der Waals surface area contributed by atoms with Crippen LogP contribution in [0.3, 0.4) is 0 Å². The third kappa shape index (κ3) is 4.76. The van der Waals surface area contributed by atoms with Crippen LogP contribution in [0, 0.1) is 6.92 Å². The molecule has 1 amide bonds. The summed E-state index contributed by atoms with van der Waals surface area (Å²) in [4.78, 5) is 28.2. The van der Waals surface area contributed by atoms with E-state index in [1.54, 1.807) is 18.5 Å². The average molecular weight is 301 g/mol. The van der Waals surface area contributed by atoms with Gasteiger partial charge in [-0.15, -0.1) is 0 Å². The molecule has 0 bridgehead atoms. The molecule has 0 fully saturated rings. The van der Waals surface area contributed by atoms with Crippen molar-refractivity contribution >= 4 is 6.09 Å². The van der Waals surface area contributed by atoms with E-state index in [0.717, 1.165) is 5.56 Å². The van der Waals surface area contributed by atoms with Gasteiger partial charge in [0.25, 0.3) is 0 Å². The van der Waals surface area contributed by atoms with Crippen molar-refractivity contribution in [2.45, 2.75) is 39.8 Å². The van der Waals surface area contributed by atoms with Gasteiger partial charge in [0, 0.05) is 18.0 Å². The molecule has 0 radical (unpaired) electrons. The van der Waals surface area contributed by atoms with Gasteiger partial charge in [0.2, 0.25) is 0 Å². The average Bonchev–Trinajstić information content (AvgIpc) is 2.44. The van der Waals surface area contributed by atoms with E-state index in [0.29, 0.717) is 17.2 Å². The van der Waals surface area contributed by atoms with Crippen molar-refractivity contribution in [3.05, 3.63) is 36.3 Å². The van der Waals surface area contributed by atoms with Crippen LogP contribution in [0.2, 0.25) is 0 Å². The molecule has 2 heterocycles. The van der Waals surface area contributed by atoms with Gasteiger partial charge < -0.3 is 10.1 Å². The topological polar surface area (TPSA) is 89.9 Å². The van der Waals surface area contributed by atoms with Gasteiger partial charge in [-0.1, -0.05) is 0 Å². The Kier molecular flexibility index (Phi) is 4.65. The third-order valence-electron chi connectivity index (χ3n) is 2.61. The number of carbonyl (C=O) groups is 1. The lowest BCUT2D eigenvalue weighted by Gasteiger charge is -2.19. The van der Waals surface area contributed by atoms with E-state index in [-0.39, 0.29) is 6.54 Å². The highest BCUT2D eigenvalue weighted by Crippen LogP contribution is 2.14. The largest absolute Gasteiger partial charge is 0.444 e. The van der Waals surface area contributed by atoms with Crippen molar-refractivity contribution < 1.29 is 9.53 Å². The summed E-state index contributed by atoms with van der Waals surface area (Å²) in [7, 11) is 0. The SMILES string of the molecule is Cc1ncc(-c2cc(CNC(=O)OC(C)(C)C)ncn2)cn1. The van der Waals surface area contributed by atoms with Crippen molar-refractivity contribution in [2.24, 2.45) is 0 Å². The van der Waals surface area contributed by atoms with Crippen molar-refractivity contribution in [2.75, 3.05) is 0 Å². The Balaban J connectivity index is 2.03. The Bertz CT molecular complexity index is 650. The molecule has 0 aliphatic heterocycles. The lowest BCUT2D eigenvalue weighted by molar-refractivity contribution is 0.0523. The van der Waals surface area contributed by atoms with Gasteiger partial charge in [0.1, 0.15) is 17.8 Å². The van der Waals surface area contributed by atoms with Gasteiger partial charge in [-0.3, -0.25) is 0 Å². The smallest absolute Gasteiger partial charge is 0.407 e. The van der Waals surface area contributed by atoms with Crippen LogP contribution >= 0.6 is 0 Å². The molecule has 1 N–H and O–H groups in total. The zero-order valence-corrected chi connectivity index (χ0v) is 13.1. The first-order valence-corrected chi connectivity index (χ1v) is 6.90. The maximum Gasteiger partial charge on any atom is 0.407 e. The van der Waals surface area contributed by atoms with Crippen molar-refractivity contribution in [3.8, 4) is 11.3 Å². The fourth-order valence-electron chi connectivity index (χ4n) is 1.65. The summed E-state index contributed by atoms with van der Waals surface area (Å²) in [5.74, 6) is 0.699. The first kappa shape index (κ1) is 15.8. The van der Waals surface area contributed by atoms with Crippen LogP contribution in [0.1, 0.15) is 32.3 Å². The van der Waals surface area contributed by atoms with Crippen LogP contribution in [0.15, 0.2) is 24.8 Å². The number of alkyl carbamates (subject to hydrolysis) is 1. The molecule has 116 valence electrons. The predicted octanol–water partition coefficient (Wildman–Crippen LogP) is 2.27. The highest BCUT2D eigenvalue weighted by atomic mass is 16.6. The number of aryl methyl sites for hydroxylation is 1. The first-order chi connectivity index (χ1) is 10.3. The van der Waals surface area contributed by atoms with E-state index in [1.807, 2.05) is 27.7 Å². The number of rotatable bonds is 3. The molecule has 0 aliphatic carbocycles.